The van der Waals surface area contributed by atoms with Crippen molar-refractivity contribution >= 4 is 0 Å². The van der Waals surface area contributed by atoms with Crippen LogP contribution in [-0.4, -0.2) is 7.18 Å². The summed E-state index contributed by atoms with van der Waals surface area (Å²) in [6.07, 6.45) is 20.7. The second kappa shape index (κ2) is 17.1. The van der Waals surface area contributed by atoms with Crippen molar-refractivity contribution < 1.29 is 4.39 Å². The number of halogens is 1. The van der Waals surface area contributed by atoms with Gasteiger partial charge in [-0.3, -0.25) is 4.39 Å². The van der Waals surface area contributed by atoms with E-state index in [0.717, 1.165) is 29.6 Å². The van der Waals surface area contributed by atoms with Gasteiger partial charge in [-0.2, -0.15) is 0 Å². The Balaban J connectivity index is 0.000000344. The van der Waals surface area contributed by atoms with Gasteiger partial charge in [-0.1, -0.05) is 125 Å². The van der Waals surface area contributed by atoms with Crippen molar-refractivity contribution in [1.29, 1.82) is 0 Å². The molecule has 0 radical (unpaired) electrons. The van der Waals surface area contributed by atoms with Crippen LogP contribution in [0.3, 0.4) is 0 Å². The zero-order chi connectivity index (χ0) is 19.8. The molecule has 3 saturated carbocycles. The maximum absolute atomic E-state index is 9.50. The molecule has 26 heavy (non-hydrogen) atoms. The fourth-order valence-electron chi connectivity index (χ4n) is 4.60. The van der Waals surface area contributed by atoms with E-state index >= 15 is 0 Å². The molecule has 1 heteroatoms. The van der Waals surface area contributed by atoms with Crippen LogP contribution in [0.25, 0.3) is 0 Å². The first-order valence-corrected chi connectivity index (χ1v) is 11.9. The summed E-state index contributed by atoms with van der Waals surface area (Å²) in [6.45, 7) is 11.8. The van der Waals surface area contributed by atoms with E-state index in [1.807, 2.05) is 0 Å². The molecule has 0 saturated heterocycles. The Hall–Kier alpha value is -0.0700. The minimum Gasteiger partial charge on any atom is -0.255 e. The zero-order valence-electron chi connectivity index (χ0n) is 19.2. The van der Waals surface area contributed by atoms with Gasteiger partial charge in [-0.05, 0) is 29.6 Å². The van der Waals surface area contributed by atoms with Crippen LogP contribution in [-0.2, 0) is 0 Å². The Morgan fingerprint density at radius 1 is 0.500 bits per heavy atom. The van der Waals surface area contributed by atoms with Crippen LogP contribution >= 0.6 is 0 Å². The highest BCUT2D eigenvalue weighted by atomic mass is 19.1. The summed E-state index contributed by atoms with van der Waals surface area (Å²) >= 11 is 0. The Morgan fingerprint density at radius 3 is 0.962 bits per heavy atom. The molecular formula is C25H51F. The quantitative estimate of drug-likeness (QED) is 0.431. The highest BCUT2D eigenvalue weighted by Crippen LogP contribution is 2.29. The maximum Gasteiger partial charge on any atom is 0.0785 e. The van der Waals surface area contributed by atoms with E-state index in [-0.39, 0.29) is 0 Å². The predicted molar refractivity (Wildman–Crippen MR) is 117 cm³/mol. The molecule has 3 aliphatic carbocycles. The number of rotatable bonds is 1. The minimum absolute atomic E-state index is 0.500. The van der Waals surface area contributed by atoms with Crippen molar-refractivity contribution in [3.8, 4) is 0 Å². The smallest absolute Gasteiger partial charge is 0.0785 e. The van der Waals surface area contributed by atoms with Gasteiger partial charge in [0, 0.05) is 0 Å². The Labute approximate surface area is 166 Å². The third-order valence-electron chi connectivity index (χ3n) is 7.38. The second-order valence-corrected chi connectivity index (χ2v) is 9.39. The van der Waals surface area contributed by atoms with Crippen LogP contribution < -0.4 is 0 Å². The lowest BCUT2D eigenvalue weighted by molar-refractivity contribution is 0.277. The van der Waals surface area contributed by atoms with Crippen LogP contribution in [0.2, 0.25) is 0 Å². The van der Waals surface area contributed by atoms with E-state index in [2.05, 4.69) is 34.6 Å². The topological polar surface area (TPSA) is 0 Å². The van der Waals surface area contributed by atoms with Crippen molar-refractivity contribution in [2.24, 2.45) is 29.6 Å². The molecule has 3 aliphatic rings. The zero-order valence-corrected chi connectivity index (χ0v) is 19.2. The summed E-state index contributed by atoms with van der Waals surface area (Å²) < 4.78 is 9.50. The summed E-state index contributed by atoms with van der Waals surface area (Å²) in [7, 11) is 0.500. The van der Waals surface area contributed by atoms with Crippen molar-refractivity contribution in [3.63, 3.8) is 0 Å². The van der Waals surface area contributed by atoms with Crippen molar-refractivity contribution in [2.45, 2.75) is 125 Å². The molecule has 0 aromatic carbocycles. The Bertz CT molecular complexity index is 236. The highest BCUT2D eigenvalue weighted by Gasteiger charge is 2.16. The van der Waals surface area contributed by atoms with Gasteiger partial charge in [-0.25, -0.2) is 0 Å². The summed E-state index contributed by atoms with van der Waals surface area (Å²) in [5, 5.41) is 0. The fourth-order valence-corrected chi connectivity index (χ4v) is 4.60. The molecular weight excluding hydrogens is 319 g/mol. The number of hydrogen-bond acceptors (Lipinski definition) is 0. The second-order valence-electron chi connectivity index (χ2n) is 9.39. The molecule has 0 heterocycles. The normalized spacial score (nSPS) is 32.0. The molecule has 0 nitrogen and oxygen atoms in total. The van der Waals surface area contributed by atoms with Gasteiger partial charge < -0.3 is 0 Å². The molecule has 0 aromatic heterocycles. The summed E-state index contributed by atoms with van der Waals surface area (Å²) in [4.78, 5) is 0. The van der Waals surface area contributed by atoms with E-state index in [9.17, 15) is 4.39 Å². The van der Waals surface area contributed by atoms with Gasteiger partial charge in [0.15, 0.2) is 0 Å². The van der Waals surface area contributed by atoms with Crippen LogP contribution in [0.4, 0.5) is 4.39 Å². The maximum atomic E-state index is 9.50. The molecule has 0 N–H and O–H groups in total. The van der Waals surface area contributed by atoms with Gasteiger partial charge in [-0.15, -0.1) is 0 Å². The lowest BCUT2D eigenvalue weighted by Gasteiger charge is -2.24. The van der Waals surface area contributed by atoms with E-state index in [1.54, 1.807) is 0 Å². The van der Waals surface area contributed by atoms with Gasteiger partial charge in [0.25, 0.3) is 0 Å². The number of alkyl halides is 1. The largest absolute Gasteiger partial charge is 0.255 e. The highest BCUT2D eigenvalue weighted by molar-refractivity contribution is 4.68. The van der Waals surface area contributed by atoms with E-state index < -0.39 is 0 Å². The SMILES string of the molecule is CC1CCCCC1C.CC1CCCCC1C.CCC1CCCCC1.CF. The van der Waals surface area contributed by atoms with Gasteiger partial charge in [0.1, 0.15) is 0 Å². The van der Waals surface area contributed by atoms with Gasteiger partial charge >= 0.3 is 0 Å². The molecule has 0 bridgehead atoms. The first-order chi connectivity index (χ1) is 12.5. The third kappa shape index (κ3) is 12.3. The summed E-state index contributed by atoms with van der Waals surface area (Å²) in [6, 6.07) is 0. The first-order valence-electron chi connectivity index (χ1n) is 11.9. The Kier molecular flexibility index (Phi) is 17.0. The summed E-state index contributed by atoms with van der Waals surface area (Å²) in [5.74, 6) is 5.10. The molecule has 0 amide bonds. The predicted octanol–water partition coefficient (Wildman–Crippen LogP) is 9.23. The standard InChI is InChI=1S/3C8H16.CH3F/c2*1-7-5-3-4-6-8(7)2;1-2-8-6-4-3-5-7-8;1-2/h2*7-8H,3-6H2,1-2H3;8H,2-7H2,1H3;1H3. The van der Waals surface area contributed by atoms with Crippen LogP contribution in [0.15, 0.2) is 0 Å². The minimum atomic E-state index is 0.500. The van der Waals surface area contributed by atoms with E-state index in [1.165, 1.54) is 89.9 Å². The lowest BCUT2D eigenvalue weighted by Crippen LogP contribution is -2.12. The van der Waals surface area contributed by atoms with Crippen molar-refractivity contribution in [1.82, 2.24) is 0 Å². The molecule has 4 atom stereocenters. The van der Waals surface area contributed by atoms with Crippen LogP contribution in [0.5, 0.6) is 0 Å². The average molecular weight is 371 g/mol. The molecule has 4 unspecified atom stereocenters. The van der Waals surface area contributed by atoms with Crippen LogP contribution in [0, 0.1) is 29.6 Å². The third-order valence-corrected chi connectivity index (χ3v) is 7.38. The molecule has 3 rings (SSSR count). The molecule has 0 spiro atoms. The molecule has 0 aliphatic heterocycles. The Morgan fingerprint density at radius 2 is 0.769 bits per heavy atom. The monoisotopic (exact) mass is 370 g/mol. The van der Waals surface area contributed by atoms with Crippen molar-refractivity contribution in [2.75, 3.05) is 7.18 Å². The van der Waals surface area contributed by atoms with Gasteiger partial charge in [0.05, 0.1) is 7.18 Å². The van der Waals surface area contributed by atoms with Gasteiger partial charge in [0.2, 0.25) is 0 Å². The first kappa shape index (κ1) is 25.9. The number of hydrogen-bond donors (Lipinski definition) is 0. The molecule has 0 aromatic rings. The van der Waals surface area contributed by atoms with E-state index in [0.29, 0.717) is 7.18 Å². The van der Waals surface area contributed by atoms with Crippen molar-refractivity contribution in [3.05, 3.63) is 0 Å². The molecule has 158 valence electrons. The lowest BCUT2D eigenvalue weighted by atomic mass is 9.82. The van der Waals surface area contributed by atoms with E-state index in [4.69, 9.17) is 0 Å². The summed E-state index contributed by atoms with van der Waals surface area (Å²) in [5.41, 5.74) is 0. The molecule has 3 fully saturated rings. The fraction of sp³-hybridized carbons (Fsp3) is 1.00. The average Bonchev–Trinajstić information content (AvgIpc) is 2.70. The van der Waals surface area contributed by atoms with Crippen LogP contribution in [0.1, 0.15) is 125 Å².